The van der Waals surface area contributed by atoms with Gasteiger partial charge in [-0.3, -0.25) is 9.10 Å². The maximum atomic E-state index is 13.4. The van der Waals surface area contributed by atoms with Crippen molar-refractivity contribution in [2.24, 2.45) is 0 Å². The minimum absolute atomic E-state index is 0.0799. The number of amides is 1. The minimum Gasteiger partial charge on any atom is -0.352 e. The third-order valence-electron chi connectivity index (χ3n) is 5.51. The van der Waals surface area contributed by atoms with Crippen molar-refractivity contribution in [3.05, 3.63) is 95.6 Å². The molecule has 0 heterocycles. The van der Waals surface area contributed by atoms with Crippen LogP contribution >= 0.6 is 0 Å². The maximum absolute atomic E-state index is 13.4. The zero-order valence-electron chi connectivity index (χ0n) is 18.8. The van der Waals surface area contributed by atoms with Crippen LogP contribution in [0.2, 0.25) is 0 Å². The van der Waals surface area contributed by atoms with Crippen molar-refractivity contribution in [3.8, 4) is 0 Å². The lowest BCUT2D eigenvalue weighted by molar-refractivity contribution is -0.120. The molecule has 0 saturated heterocycles. The smallest absolute Gasteiger partial charge is 0.264 e. The molecule has 3 rings (SSSR count). The lowest BCUT2D eigenvalue weighted by atomic mass is 10.1. The summed E-state index contributed by atoms with van der Waals surface area (Å²) in [5.41, 5.74) is 3.71. The Morgan fingerprint density at radius 2 is 1.53 bits per heavy atom. The molecule has 0 aliphatic carbocycles. The molecule has 6 heteroatoms. The van der Waals surface area contributed by atoms with Crippen molar-refractivity contribution in [2.75, 3.05) is 10.8 Å². The van der Waals surface area contributed by atoms with E-state index in [1.54, 1.807) is 36.4 Å². The van der Waals surface area contributed by atoms with Crippen LogP contribution in [0, 0.1) is 13.8 Å². The Kier molecular flexibility index (Phi) is 7.70. The number of nitrogens with one attached hydrogen (secondary N) is 1. The zero-order chi connectivity index (χ0) is 23.1. The molecule has 0 fully saturated rings. The van der Waals surface area contributed by atoms with E-state index < -0.39 is 10.0 Å². The summed E-state index contributed by atoms with van der Waals surface area (Å²) in [6.45, 7) is 5.55. The van der Waals surface area contributed by atoms with Gasteiger partial charge < -0.3 is 5.32 Å². The van der Waals surface area contributed by atoms with Crippen LogP contribution in [-0.2, 0) is 21.2 Å². The van der Waals surface area contributed by atoms with Gasteiger partial charge in [-0.1, -0.05) is 54.6 Å². The summed E-state index contributed by atoms with van der Waals surface area (Å²) in [7, 11) is -3.90. The van der Waals surface area contributed by atoms with E-state index >= 15 is 0 Å². The Labute approximate surface area is 191 Å². The number of hydrogen-bond acceptors (Lipinski definition) is 3. The lowest BCUT2D eigenvalue weighted by Gasteiger charge is -2.25. The van der Waals surface area contributed by atoms with Crippen LogP contribution in [0.25, 0.3) is 0 Å². The number of nitrogens with zero attached hydrogens (tertiary/aromatic N) is 1. The van der Waals surface area contributed by atoms with Crippen molar-refractivity contribution in [2.45, 2.75) is 44.6 Å². The molecule has 0 spiro atoms. The van der Waals surface area contributed by atoms with Crippen molar-refractivity contribution in [3.63, 3.8) is 0 Å². The van der Waals surface area contributed by atoms with Gasteiger partial charge in [0.25, 0.3) is 10.0 Å². The zero-order valence-corrected chi connectivity index (χ0v) is 19.6. The van der Waals surface area contributed by atoms with E-state index in [1.807, 2.05) is 51.1 Å². The van der Waals surface area contributed by atoms with Crippen LogP contribution in [0.15, 0.2) is 83.8 Å². The van der Waals surface area contributed by atoms with Gasteiger partial charge in [-0.25, -0.2) is 8.42 Å². The predicted molar refractivity (Wildman–Crippen MR) is 129 cm³/mol. The van der Waals surface area contributed by atoms with Crippen LogP contribution in [0.4, 0.5) is 5.69 Å². The number of aryl methyl sites for hydroxylation is 3. The molecule has 1 atom stereocenters. The quantitative estimate of drug-likeness (QED) is 0.517. The fourth-order valence-electron chi connectivity index (χ4n) is 3.47. The predicted octanol–water partition coefficient (Wildman–Crippen LogP) is 4.64. The molecule has 0 unspecified atom stereocenters. The first-order valence-corrected chi connectivity index (χ1v) is 12.2. The molecule has 0 radical (unpaired) electrons. The van der Waals surface area contributed by atoms with Crippen LogP contribution in [-0.4, -0.2) is 26.9 Å². The fourth-order valence-corrected chi connectivity index (χ4v) is 4.90. The van der Waals surface area contributed by atoms with Gasteiger partial charge in [0, 0.05) is 6.04 Å². The summed E-state index contributed by atoms with van der Waals surface area (Å²) in [4.78, 5) is 13.0. The van der Waals surface area contributed by atoms with E-state index in [-0.39, 0.29) is 23.4 Å². The number of hydrogen-bond donors (Lipinski definition) is 1. The topological polar surface area (TPSA) is 66.5 Å². The summed E-state index contributed by atoms with van der Waals surface area (Å²) in [6, 6.07) is 23.6. The van der Waals surface area contributed by atoms with Crippen molar-refractivity contribution in [1.82, 2.24) is 5.32 Å². The molecule has 3 aromatic rings. The molecule has 0 saturated carbocycles. The van der Waals surface area contributed by atoms with Gasteiger partial charge in [0.05, 0.1) is 10.6 Å². The highest BCUT2D eigenvalue weighted by Gasteiger charge is 2.27. The van der Waals surface area contributed by atoms with Crippen LogP contribution < -0.4 is 9.62 Å². The Hall–Kier alpha value is -3.12. The van der Waals surface area contributed by atoms with Gasteiger partial charge in [0.15, 0.2) is 0 Å². The standard InChI is InChI=1S/C26H30N2O3S/c1-20-14-17-24(18-21(20)2)28(32(30,31)25-12-8-5-9-13-25)19-26(29)27-22(3)15-16-23-10-6-4-7-11-23/h4-14,17-18,22H,15-16,19H2,1-3H3,(H,27,29)/t22-/m1/s1. The third kappa shape index (κ3) is 5.98. The second kappa shape index (κ2) is 10.5. The highest BCUT2D eigenvalue weighted by molar-refractivity contribution is 7.92. The minimum atomic E-state index is -3.90. The summed E-state index contributed by atoms with van der Waals surface area (Å²) >= 11 is 0. The molecule has 3 aromatic carbocycles. The van der Waals surface area contributed by atoms with Gasteiger partial charge in [-0.2, -0.15) is 0 Å². The number of rotatable bonds is 9. The molecular formula is C26H30N2O3S. The van der Waals surface area contributed by atoms with Crippen molar-refractivity contribution < 1.29 is 13.2 Å². The molecule has 0 aliphatic heterocycles. The highest BCUT2D eigenvalue weighted by atomic mass is 32.2. The first kappa shape index (κ1) is 23.5. The molecule has 32 heavy (non-hydrogen) atoms. The van der Waals surface area contributed by atoms with Crippen molar-refractivity contribution in [1.29, 1.82) is 0 Å². The van der Waals surface area contributed by atoms with Gasteiger partial charge in [-0.15, -0.1) is 0 Å². The number of anilines is 1. The first-order valence-electron chi connectivity index (χ1n) is 10.8. The van der Waals surface area contributed by atoms with Gasteiger partial charge in [0.1, 0.15) is 6.54 Å². The second-order valence-electron chi connectivity index (χ2n) is 8.09. The summed E-state index contributed by atoms with van der Waals surface area (Å²) in [5.74, 6) is -0.330. The van der Waals surface area contributed by atoms with E-state index in [0.717, 1.165) is 24.0 Å². The molecule has 1 N–H and O–H groups in total. The monoisotopic (exact) mass is 450 g/mol. The number of sulfonamides is 1. The molecule has 5 nitrogen and oxygen atoms in total. The van der Waals surface area contributed by atoms with E-state index in [1.165, 1.54) is 9.87 Å². The maximum Gasteiger partial charge on any atom is 0.264 e. The van der Waals surface area contributed by atoms with Crippen LogP contribution in [0.3, 0.4) is 0 Å². The van der Waals surface area contributed by atoms with Crippen molar-refractivity contribution >= 4 is 21.6 Å². The number of benzene rings is 3. The van der Waals surface area contributed by atoms with E-state index in [9.17, 15) is 13.2 Å². The average molecular weight is 451 g/mol. The van der Waals surface area contributed by atoms with Crippen LogP contribution in [0.1, 0.15) is 30.0 Å². The van der Waals surface area contributed by atoms with Gasteiger partial charge >= 0.3 is 0 Å². The number of carbonyl (C=O) groups is 1. The molecule has 0 aliphatic rings. The summed E-state index contributed by atoms with van der Waals surface area (Å²) < 4.78 is 28.0. The van der Waals surface area contributed by atoms with Gasteiger partial charge in [-0.05, 0) is 74.6 Å². The van der Waals surface area contributed by atoms with Gasteiger partial charge in [0.2, 0.25) is 5.91 Å². The summed E-state index contributed by atoms with van der Waals surface area (Å²) in [6.07, 6.45) is 1.61. The molecule has 0 bridgehead atoms. The highest BCUT2D eigenvalue weighted by Crippen LogP contribution is 2.25. The summed E-state index contributed by atoms with van der Waals surface area (Å²) in [5, 5.41) is 2.95. The Bertz CT molecular complexity index is 1150. The molecule has 1 amide bonds. The number of carbonyl (C=O) groups excluding carboxylic acids is 1. The SMILES string of the molecule is Cc1ccc(N(CC(=O)N[C@H](C)CCc2ccccc2)S(=O)(=O)c2ccccc2)cc1C. The Morgan fingerprint density at radius 3 is 2.16 bits per heavy atom. The fraction of sp³-hybridized carbons (Fsp3) is 0.269. The normalized spacial score (nSPS) is 12.2. The Morgan fingerprint density at radius 1 is 0.906 bits per heavy atom. The third-order valence-corrected chi connectivity index (χ3v) is 7.30. The van der Waals surface area contributed by atoms with E-state index in [0.29, 0.717) is 5.69 Å². The van der Waals surface area contributed by atoms with Crippen LogP contribution in [0.5, 0.6) is 0 Å². The second-order valence-corrected chi connectivity index (χ2v) is 9.95. The Balaban J connectivity index is 1.77. The first-order chi connectivity index (χ1) is 15.3. The van der Waals surface area contributed by atoms with E-state index in [2.05, 4.69) is 17.4 Å². The molecule has 0 aromatic heterocycles. The molecular weight excluding hydrogens is 420 g/mol. The lowest BCUT2D eigenvalue weighted by Crippen LogP contribution is -2.43. The molecule has 168 valence electrons. The average Bonchev–Trinajstić information content (AvgIpc) is 2.79. The largest absolute Gasteiger partial charge is 0.352 e. The van der Waals surface area contributed by atoms with E-state index in [4.69, 9.17) is 0 Å².